The van der Waals surface area contributed by atoms with Crippen molar-refractivity contribution in [1.82, 2.24) is 0 Å². The Kier molecular flexibility index (Phi) is 3.60. The average molecular weight is 198 g/mol. The molecular weight excluding hydrogens is 188 g/mol. The van der Waals surface area contributed by atoms with Gasteiger partial charge in [-0.3, -0.25) is 10.1 Å². The van der Waals surface area contributed by atoms with Gasteiger partial charge in [-0.1, -0.05) is 17.4 Å². The van der Waals surface area contributed by atoms with E-state index in [1.807, 2.05) is 12.2 Å². The van der Waals surface area contributed by atoms with Crippen molar-refractivity contribution >= 4 is 22.4 Å². The summed E-state index contributed by atoms with van der Waals surface area (Å²) in [7, 11) is 0. The molecule has 0 fully saturated rings. The van der Waals surface area contributed by atoms with Crippen LogP contribution >= 0.6 is 11.3 Å². The van der Waals surface area contributed by atoms with Crippen LogP contribution in [0.1, 0.15) is 11.3 Å². The molecule has 1 heterocycles. The minimum absolute atomic E-state index is 0.174. The average Bonchev–Trinajstić information content (AvgIpc) is 2.53. The molecule has 0 aliphatic carbocycles. The number of nitrogens with zero attached hydrogens (tertiary/aromatic N) is 1. The SMILES string of the molecule is NCC/C=C/c1ccc([N+](=O)[O-])s1. The second-order valence-electron chi connectivity index (χ2n) is 2.41. The summed E-state index contributed by atoms with van der Waals surface area (Å²) in [5, 5.41) is 10.5. The molecule has 0 unspecified atom stereocenters. The molecule has 0 spiro atoms. The van der Waals surface area contributed by atoms with E-state index in [9.17, 15) is 10.1 Å². The number of hydrogen-bond acceptors (Lipinski definition) is 4. The van der Waals surface area contributed by atoms with E-state index in [4.69, 9.17) is 5.73 Å². The van der Waals surface area contributed by atoms with Gasteiger partial charge in [-0.15, -0.1) is 0 Å². The van der Waals surface area contributed by atoms with Crippen LogP contribution in [0.2, 0.25) is 0 Å². The predicted molar refractivity (Wildman–Crippen MR) is 53.7 cm³/mol. The lowest BCUT2D eigenvalue weighted by Crippen LogP contribution is -1.94. The molecule has 0 aromatic carbocycles. The molecule has 0 bridgehead atoms. The van der Waals surface area contributed by atoms with E-state index < -0.39 is 0 Å². The van der Waals surface area contributed by atoms with Gasteiger partial charge in [0.15, 0.2) is 0 Å². The van der Waals surface area contributed by atoms with Crippen molar-refractivity contribution in [2.75, 3.05) is 6.54 Å². The minimum atomic E-state index is -0.384. The molecule has 0 aliphatic rings. The first kappa shape index (κ1) is 9.88. The fraction of sp³-hybridized carbons (Fsp3) is 0.250. The van der Waals surface area contributed by atoms with Gasteiger partial charge >= 0.3 is 5.00 Å². The summed E-state index contributed by atoms with van der Waals surface area (Å²) < 4.78 is 0. The first-order valence-electron chi connectivity index (χ1n) is 3.85. The molecule has 0 saturated heterocycles. The zero-order valence-electron chi connectivity index (χ0n) is 6.97. The normalized spacial score (nSPS) is 10.8. The molecule has 5 heteroatoms. The molecule has 0 saturated carbocycles. The van der Waals surface area contributed by atoms with Crippen LogP contribution < -0.4 is 5.73 Å². The molecule has 1 aromatic rings. The van der Waals surface area contributed by atoms with E-state index in [0.29, 0.717) is 6.54 Å². The maximum atomic E-state index is 10.3. The molecule has 0 atom stereocenters. The molecule has 0 amide bonds. The molecule has 70 valence electrons. The summed E-state index contributed by atoms with van der Waals surface area (Å²) >= 11 is 1.16. The third kappa shape index (κ3) is 2.96. The number of thiophene rings is 1. The molecule has 2 N–H and O–H groups in total. The Morgan fingerprint density at radius 3 is 2.92 bits per heavy atom. The number of nitro groups is 1. The van der Waals surface area contributed by atoms with E-state index >= 15 is 0 Å². The molecule has 0 aliphatic heterocycles. The number of rotatable bonds is 4. The summed E-state index contributed by atoms with van der Waals surface area (Å²) in [4.78, 5) is 10.8. The van der Waals surface area contributed by atoms with Crippen LogP contribution in [0.25, 0.3) is 6.08 Å². The summed E-state index contributed by atoms with van der Waals surface area (Å²) in [6.07, 6.45) is 4.56. The van der Waals surface area contributed by atoms with Crippen LogP contribution in [0.15, 0.2) is 18.2 Å². The van der Waals surface area contributed by atoms with Gasteiger partial charge in [0.25, 0.3) is 0 Å². The lowest BCUT2D eigenvalue weighted by atomic mass is 10.3. The predicted octanol–water partition coefficient (Wildman–Crippen LogP) is 2.02. The van der Waals surface area contributed by atoms with Crippen molar-refractivity contribution in [3.63, 3.8) is 0 Å². The molecule has 0 radical (unpaired) electrons. The standard InChI is InChI=1S/C8H10N2O2S/c9-6-2-1-3-7-4-5-8(13-7)10(11)12/h1,3-5H,2,6,9H2/b3-1+. The van der Waals surface area contributed by atoms with Crippen molar-refractivity contribution < 1.29 is 4.92 Å². The maximum Gasteiger partial charge on any atom is 0.324 e. The summed E-state index contributed by atoms with van der Waals surface area (Å²) in [6, 6.07) is 3.24. The van der Waals surface area contributed by atoms with Crippen molar-refractivity contribution in [2.45, 2.75) is 6.42 Å². The summed E-state index contributed by atoms with van der Waals surface area (Å²) in [6.45, 7) is 0.601. The van der Waals surface area contributed by atoms with Crippen LogP contribution in [-0.4, -0.2) is 11.5 Å². The van der Waals surface area contributed by atoms with Gasteiger partial charge in [0.1, 0.15) is 0 Å². The minimum Gasteiger partial charge on any atom is -0.330 e. The van der Waals surface area contributed by atoms with Crippen LogP contribution in [0.4, 0.5) is 5.00 Å². The van der Waals surface area contributed by atoms with Gasteiger partial charge in [0.05, 0.1) is 4.92 Å². The van der Waals surface area contributed by atoms with Crippen LogP contribution in [0.3, 0.4) is 0 Å². The van der Waals surface area contributed by atoms with Crippen LogP contribution in [0, 0.1) is 10.1 Å². The zero-order chi connectivity index (χ0) is 9.68. The monoisotopic (exact) mass is 198 g/mol. The lowest BCUT2D eigenvalue weighted by molar-refractivity contribution is -0.380. The highest BCUT2D eigenvalue weighted by Crippen LogP contribution is 2.24. The number of nitrogens with two attached hydrogens (primary N) is 1. The Bertz CT molecular complexity index is 320. The van der Waals surface area contributed by atoms with Crippen LogP contribution in [-0.2, 0) is 0 Å². The van der Waals surface area contributed by atoms with Gasteiger partial charge in [-0.25, -0.2) is 0 Å². The van der Waals surface area contributed by atoms with Crippen LogP contribution in [0.5, 0.6) is 0 Å². The first-order valence-corrected chi connectivity index (χ1v) is 4.66. The second kappa shape index (κ2) is 4.74. The van der Waals surface area contributed by atoms with Gasteiger partial charge in [-0.2, -0.15) is 0 Å². The highest BCUT2D eigenvalue weighted by molar-refractivity contribution is 7.16. The largest absolute Gasteiger partial charge is 0.330 e. The lowest BCUT2D eigenvalue weighted by Gasteiger charge is -1.83. The highest BCUT2D eigenvalue weighted by Gasteiger charge is 2.06. The fourth-order valence-electron chi connectivity index (χ4n) is 0.826. The topological polar surface area (TPSA) is 69.2 Å². The van der Waals surface area contributed by atoms with Crippen molar-refractivity contribution in [3.8, 4) is 0 Å². The van der Waals surface area contributed by atoms with Crippen molar-refractivity contribution in [2.24, 2.45) is 5.73 Å². The van der Waals surface area contributed by atoms with E-state index in [1.54, 1.807) is 6.07 Å². The Morgan fingerprint density at radius 2 is 2.38 bits per heavy atom. The molecule has 13 heavy (non-hydrogen) atoms. The quantitative estimate of drug-likeness (QED) is 0.594. The number of hydrogen-bond donors (Lipinski definition) is 1. The van der Waals surface area contributed by atoms with Crippen molar-refractivity contribution in [1.29, 1.82) is 0 Å². The van der Waals surface area contributed by atoms with Gasteiger partial charge in [0, 0.05) is 10.9 Å². The van der Waals surface area contributed by atoms with Crippen molar-refractivity contribution in [3.05, 3.63) is 33.2 Å². The molecule has 4 nitrogen and oxygen atoms in total. The summed E-state index contributed by atoms with van der Waals surface area (Å²) in [5.41, 5.74) is 5.29. The third-order valence-corrected chi connectivity index (χ3v) is 2.41. The van der Waals surface area contributed by atoms with E-state index in [0.717, 1.165) is 22.6 Å². The molecule has 1 rings (SSSR count). The second-order valence-corrected chi connectivity index (χ2v) is 3.51. The van der Waals surface area contributed by atoms with E-state index in [-0.39, 0.29) is 9.92 Å². The Hall–Kier alpha value is -1.20. The molecular formula is C8H10N2O2S. The van der Waals surface area contributed by atoms with Gasteiger partial charge in [-0.05, 0) is 25.1 Å². The van der Waals surface area contributed by atoms with Gasteiger partial charge in [0.2, 0.25) is 0 Å². The third-order valence-electron chi connectivity index (χ3n) is 1.41. The Balaban J connectivity index is 2.64. The Labute approximate surface area is 79.8 Å². The first-order chi connectivity index (χ1) is 6.24. The molecule has 1 aromatic heterocycles. The Morgan fingerprint density at radius 1 is 1.62 bits per heavy atom. The smallest absolute Gasteiger partial charge is 0.324 e. The highest BCUT2D eigenvalue weighted by atomic mass is 32.1. The maximum absolute atomic E-state index is 10.3. The fourth-order valence-corrected chi connectivity index (χ4v) is 1.58. The van der Waals surface area contributed by atoms with E-state index in [1.165, 1.54) is 6.07 Å². The summed E-state index contributed by atoms with van der Waals surface area (Å²) in [5.74, 6) is 0. The van der Waals surface area contributed by atoms with E-state index in [2.05, 4.69) is 0 Å². The van der Waals surface area contributed by atoms with Gasteiger partial charge < -0.3 is 5.73 Å². The zero-order valence-corrected chi connectivity index (χ0v) is 7.79.